The van der Waals surface area contributed by atoms with E-state index in [2.05, 4.69) is 11.6 Å². The van der Waals surface area contributed by atoms with Gasteiger partial charge in [0.25, 0.3) is 5.91 Å². The predicted octanol–water partition coefficient (Wildman–Crippen LogP) is 6.27. The van der Waals surface area contributed by atoms with Crippen molar-refractivity contribution < 1.29 is 18.7 Å². The highest BCUT2D eigenvalue weighted by Gasteiger charge is 2.45. The quantitative estimate of drug-likeness (QED) is 0.219. The fourth-order valence-corrected chi connectivity index (χ4v) is 5.45. The van der Waals surface area contributed by atoms with Gasteiger partial charge < -0.3 is 9.15 Å². The molecule has 3 heterocycles. The van der Waals surface area contributed by atoms with Gasteiger partial charge in [-0.15, -0.1) is 0 Å². The van der Waals surface area contributed by atoms with Crippen molar-refractivity contribution in [2.45, 2.75) is 19.9 Å². The zero-order valence-corrected chi connectivity index (χ0v) is 21.5. The largest absolute Gasteiger partial charge is 0.457 e. The van der Waals surface area contributed by atoms with Gasteiger partial charge in [0.05, 0.1) is 32.7 Å². The van der Waals surface area contributed by atoms with Crippen LogP contribution in [-0.4, -0.2) is 23.5 Å². The summed E-state index contributed by atoms with van der Waals surface area (Å²) in [5, 5.41) is 1.16. The number of rotatable bonds is 5. The van der Waals surface area contributed by atoms with Crippen molar-refractivity contribution in [3.63, 3.8) is 0 Å². The third-order valence-corrected chi connectivity index (χ3v) is 7.67. The summed E-state index contributed by atoms with van der Waals surface area (Å²) in [4.78, 5) is 46.1. The molecule has 0 N–H and O–H groups in total. The topological polar surface area (TPSA) is 89.7 Å². The molecule has 2 aromatic carbocycles. The number of thiazole rings is 1. The second-order valence-corrected chi connectivity index (χ2v) is 10.0. The lowest BCUT2D eigenvalue weighted by Crippen LogP contribution is -2.29. The summed E-state index contributed by atoms with van der Waals surface area (Å²) in [5.41, 5.74) is 1.94. The van der Waals surface area contributed by atoms with Gasteiger partial charge in [-0.25, -0.2) is 9.78 Å². The maximum atomic E-state index is 13.7. The van der Waals surface area contributed by atoms with Crippen molar-refractivity contribution in [1.82, 2.24) is 4.98 Å². The molecule has 1 unspecified atom stereocenters. The Labute approximate surface area is 219 Å². The molecule has 0 bridgehead atoms. The smallest absolute Gasteiger partial charge is 0.350 e. The van der Waals surface area contributed by atoms with E-state index in [1.165, 1.54) is 11.0 Å². The van der Waals surface area contributed by atoms with Gasteiger partial charge in [0.2, 0.25) is 5.76 Å². The molecule has 5 rings (SSSR count). The van der Waals surface area contributed by atoms with Gasteiger partial charge in [-0.3, -0.25) is 14.5 Å². The number of fused-ring (bicyclic) bond motifs is 2. The summed E-state index contributed by atoms with van der Waals surface area (Å²) in [6.45, 7) is 7.09. The highest BCUT2D eigenvalue weighted by Crippen LogP contribution is 2.44. The molecule has 4 aromatic rings. The van der Waals surface area contributed by atoms with Crippen molar-refractivity contribution >= 4 is 62.5 Å². The van der Waals surface area contributed by atoms with Crippen LogP contribution in [0.5, 0.6) is 0 Å². The van der Waals surface area contributed by atoms with Gasteiger partial charge in [-0.2, -0.15) is 0 Å². The number of aryl methyl sites for hydroxylation is 2. The van der Waals surface area contributed by atoms with E-state index in [-0.39, 0.29) is 38.4 Å². The van der Waals surface area contributed by atoms with Crippen LogP contribution in [-0.2, 0) is 4.74 Å². The fraction of sp³-hybridized carbons (Fsp3) is 0.154. The Balaban J connectivity index is 1.74. The van der Waals surface area contributed by atoms with Gasteiger partial charge in [-0.1, -0.05) is 64.9 Å². The second-order valence-electron chi connectivity index (χ2n) is 8.22. The first-order valence-corrected chi connectivity index (χ1v) is 12.4. The van der Waals surface area contributed by atoms with E-state index < -0.39 is 17.9 Å². The molecule has 0 fully saturated rings. The first kappa shape index (κ1) is 24.2. The molecule has 1 aliphatic rings. The molecule has 0 saturated carbocycles. The average molecular weight is 541 g/mol. The Hall–Kier alpha value is -3.46. The Morgan fingerprint density at radius 1 is 1.19 bits per heavy atom. The molecular formula is C26H18Cl2N2O5S. The lowest BCUT2D eigenvalue weighted by molar-refractivity contribution is 0.0554. The molecule has 0 radical (unpaired) electrons. The molecule has 36 heavy (non-hydrogen) atoms. The first-order valence-electron chi connectivity index (χ1n) is 10.8. The third-order valence-electron chi connectivity index (χ3n) is 5.79. The predicted molar refractivity (Wildman–Crippen MR) is 140 cm³/mol. The van der Waals surface area contributed by atoms with E-state index in [0.717, 1.165) is 16.9 Å². The van der Waals surface area contributed by atoms with E-state index in [4.69, 9.17) is 32.4 Å². The Morgan fingerprint density at radius 2 is 1.97 bits per heavy atom. The zero-order chi connectivity index (χ0) is 25.7. The van der Waals surface area contributed by atoms with Crippen LogP contribution < -0.4 is 10.3 Å². The number of hydrogen-bond acceptors (Lipinski definition) is 7. The van der Waals surface area contributed by atoms with Crippen LogP contribution in [0.3, 0.4) is 0 Å². The summed E-state index contributed by atoms with van der Waals surface area (Å²) in [5.74, 6) is -1.22. The van der Waals surface area contributed by atoms with Crippen LogP contribution in [0, 0.1) is 13.8 Å². The molecule has 1 atom stereocenters. The van der Waals surface area contributed by atoms with Gasteiger partial charge in [-0.05, 0) is 43.7 Å². The van der Waals surface area contributed by atoms with E-state index in [1.807, 2.05) is 6.92 Å². The van der Waals surface area contributed by atoms with Crippen LogP contribution in [0.15, 0.2) is 58.3 Å². The van der Waals surface area contributed by atoms with E-state index in [1.54, 1.807) is 43.3 Å². The van der Waals surface area contributed by atoms with E-state index in [9.17, 15) is 14.4 Å². The summed E-state index contributed by atoms with van der Waals surface area (Å²) in [7, 11) is 0. The number of nitrogens with zero attached hydrogens (tertiary/aromatic N) is 2. The molecule has 0 spiro atoms. The number of amides is 1. The minimum Gasteiger partial charge on any atom is -0.457 e. The van der Waals surface area contributed by atoms with Crippen molar-refractivity contribution in [3.8, 4) is 0 Å². The molecule has 182 valence electrons. The summed E-state index contributed by atoms with van der Waals surface area (Å²) in [6, 6.07) is 9.18. The number of benzene rings is 2. The second kappa shape index (κ2) is 9.20. The molecule has 1 amide bonds. The van der Waals surface area contributed by atoms with Crippen molar-refractivity contribution in [1.29, 1.82) is 0 Å². The van der Waals surface area contributed by atoms with Crippen LogP contribution in [0.4, 0.5) is 5.13 Å². The first-order chi connectivity index (χ1) is 17.2. The van der Waals surface area contributed by atoms with Gasteiger partial charge in [0.15, 0.2) is 10.6 Å². The standard InChI is InChI=1S/C26H18Cl2N2O5S/c1-4-9-34-25(33)23-13(3)29-26(36-23)30-20(14-6-7-16(27)17(28)11-14)19-21(31)15-10-12(2)5-8-18(15)35-22(19)24(30)32/h4-8,10-11,20H,1,9H2,2-3H3. The van der Waals surface area contributed by atoms with Crippen LogP contribution >= 0.6 is 34.5 Å². The highest BCUT2D eigenvalue weighted by atomic mass is 35.5. The van der Waals surface area contributed by atoms with Crippen LogP contribution in [0.1, 0.15) is 48.7 Å². The monoisotopic (exact) mass is 540 g/mol. The fourth-order valence-electron chi connectivity index (χ4n) is 4.16. The molecule has 2 aromatic heterocycles. The maximum Gasteiger partial charge on any atom is 0.350 e. The highest BCUT2D eigenvalue weighted by molar-refractivity contribution is 7.17. The number of ether oxygens (including phenoxy) is 1. The number of halogens is 2. The Bertz CT molecular complexity index is 1640. The normalized spacial score (nSPS) is 14.8. The number of aromatic nitrogens is 1. The van der Waals surface area contributed by atoms with E-state index in [0.29, 0.717) is 27.2 Å². The van der Waals surface area contributed by atoms with Gasteiger partial charge in [0, 0.05) is 0 Å². The number of anilines is 1. The minimum absolute atomic E-state index is 0.0376. The number of carbonyl (C=O) groups excluding carboxylic acids is 2. The molecule has 0 aliphatic carbocycles. The molecule has 10 heteroatoms. The van der Waals surface area contributed by atoms with Gasteiger partial charge in [0.1, 0.15) is 17.1 Å². The lowest BCUT2D eigenvalue weighted by Gasteiger charge is -2.22. The SMILES string of the molecule is C=CCOC(=O)c1sc(N2C(=O)c3oc4ccc(C)cc4c(=O)c3C2c2ccc(Cl)c(Cl)c2)nc1C. The minimum atomic E-state index is -0.897. The van der Waals surface area contributed by atoms with Crippen LogP contribution in [0.25, 0.3) is 11.0 Å². The van der Waals surface area contributed by atoms with Crippen molar-refractivity contribution in [2.75, 3.05) is 11.5 Å². The third kappa shape index (κ3) is 3.91. The summed E-state index contributed by atoms with van der Waals surface area (Å²) >= 11 is 13.4. The molecule has 7 nitrogen and oxygen atoms in total. The molecule has 0 saturated heterocycles. The van der Waals surface area contributed by atoms with Gasteiger partial charge >= 0.3 is 5.97 Å². The van der Waals surface area contributed by atoms with Crippen LogP contribution in [0.2, 0.25) is 10.0 Å². The lowest BCUT2D eigenvalue weighted by atomic mass is 9.98. The number of hydrogen-bond donors (Lipinski definition) is 0. The number of carbonyl (C=O) groups is 2. The zero-order valence-electron chi connectivity index (χ0n) is 19.1. The maximum absolute atomic E-state index is 13.7. The van der Waals surface area contributed by atoms with Crippen molar-refractivity contribution in [2.24, 2.45) is 0 Å². The van der Waals surface area contributed by atoms with E-state index >= 15 is 0 Å². The Kier molecular flexibility index (Phi) is 6.20. The molecular weight excluding hydrogens is 523 g/mol. The number of esters is 1. The summed E-state index contributed by atoms with van der Waals surface area (Å²) < 4.78 is 11.1. The Morgan fingerprint density at radius 3 is 2.69 bits per heavy atom. The molecule has 1 aliphatic heterocycles. The average Bonchev–Trinajstić information content (AvgIpc) is 3.37. The summed E-state index contributed by atoms with van der Waals surface area (Å²) in [6.07, 6.45) is 1.46. The van der Waals surface area contributed by atoms with Crippen molar-refractivity contribution in [3.05, 3.63) is 102 Å².